The number of benzene rings is 2. The first kappa shape index (κ1) is 13.4. The van der Waals surface area contributed by atoms with Crippen LogP contribution in [0.5, 0.6) is 5.75 Å². The van der Waals surface area contributed by atoms with Crippen molar-refractivity contribution in [2.45, 2.75) is 26.5 Å². The Morgan fingerprint density at radius 1 is 1.05 bits per heavy atom. The molecule has 19 heavy (non-hydrogen) atoms. The topological polar surface area (TPSA) is 21.3 Å². The van der Waals surface area contributed by atoms with Crippen LogP contribution in [-0.4, -0.2) is 6.10 Å². The molecule has 2 rings (SSSR count). The van der Waals surface area contributed by atoms with E-state index in [2.05, 4.69) is 5.32 Å². The molecular weight excluding hydrogens is 241 g/mol. The lowest BCUT2D eigenvalue weighted by molar-refractivity contribution is 0.240. The van der Waals surface area contributed by atoms with Gasteiger partial charge in [0.2, 0.25) is 0 Å². The number of rotatable bonds is 5. The number of ether oxygens (including phenoxy) is 1. The summed E-state index contributed by atoms with van der Waals surface area (Å²) in [6, 6.07) is 14.4. The quantitative estimate of drug-likeness (QED) is 0.867. The van der Waals surface area contributed by atoms with Crippen LogP contribution in [0.2, 0.25) is 0 Å². The molecule has 0 saturated carbocycles. The van der Waals surface area contributed by atoms with Gasteiger partial charge in [0.25, 0.3) is 0 Å². The van der Waals surface area contributed by atoms with Crippen molar-refractivity contribution in [3.05, 3.63) is 59.9 Å². The number of halogens is 1. The minimum atomic E-state index is -0.246. The van der Waals surface area contributed by atoms with Gasteiger partial charge in [-0.3, -0.25) is 0 Å². The molecule has 3 heteroatoms. The summed E-state index contributed by atoms with van der Waals surface area (Å²) in [4.78, 5) is 0. The Balaban J connectivity index is 2.09. The second-order valence-electron chi connectivity index (χ2n) is 4.61. The van der Waals surface area contributed by atoms with Gasteiger partial charge in [0, 0.05) is 12.1 Å². The van der Waals surface area contributed by atoms with Gasteiger partial charge in [-0.25, -0.2) is 4.39 Å². The predicted molar refractivity (Wildman–Crippen MR) is 75.9 cm³/mol. The van der Waals surface area contributed by atoms with E-state index >= 15 is 0 Å². The summed E-state index contributed by atoms with van der Waals surface area (Å²) in [6.07, 6.45) is 0.120. The average Bonchev–Trinajstić information content (AvgIpc) is 2.39. The Morgan fingerprint density at radius 2 is 1.74 bits per heavy atom. The number of nitrogens with one attached hydrogen (secondary N) is 1. The van der Waals surface area contributed by atoms with Crippen molar-refractivity contribution in [2.75, 3.05) is 5.32 Å². The molecule has 2 nitrogen and oxygen atoms in total. The Morgan fingerprint density at radius 3 is 2.47 bits per heavy atom. The third-order valence-electron chi connectivity index (χ3n) is 2.68. The van der Waals surface area contributed by atoms with Gasteiger partial charge in [-0.05, 0) is 32.0 Å². The van der Waals surface area contributed by atoms with Gasteiger partial charge in [-0.15, -0.1) is 0 Å². The molecule has 2 aromatic carbocycles. The molecule has 0 saturated heterocycles. The maximum absolute atomic E-state index is 13.5. The molecule has 0 heterocycles. The van der Waals surface area contributed by atoms with Crippen LogP contribution in [0.3, 0.4) is 0 Å². The molecule has 1 N–H and O–H groups in total. The summed E-state index contributed by atoms with van der Waals surface area (Å²) >= 11 is 0. The minimum absolute atomic E-state index is 0.120. The van der Waals surface area contributed by atoms with E-state index in [4.69, 9.17) is 4.74 Å². The van der Waals surface area contributed by atoms with Gasteiger partial charge in [0.05, 0.1) is 11.8 Å². The highest BCUT2D eigenvalue weighted by molar-refractivity contribution is 5.46. The summed E-state index contributed by atoms with van der Waals surface area (Å²) in [5, 5.41) is 3.09. The van der Waals surface area contributed by atoms with Crippen LogP contribution >= 0.6 is 0 Å². The summed E-state index contributed by atoms with van der Waals surface area (Å²) in [5.41, 5.74) is 1.52. The molecule has 0 unspecified atom stereocenters. The van der Waals surface area contributed by atoms with Crippen molar-refractivity contribution in [3.8, 4) is 5.75 Å². The SMILES string of the molecule is CC(C)Oc1ccccc1CNc1ccccc1F. The van der Waals surface area contributed by atoms with E-state index in [1.807, 2.05) is 44.2 Å². The summed E-state index contributed by atoms with van der Waals surface area (Å²) in [5.74, 6) is 0.589. The molecule has 0 radical (unpaired) electrons. The predicted octanol–water partition coefficient (Wildman–Crippen LogP) is 4.23. The van der Waals surface area contributed by atoms with E-state index in [1.54, 1.807) is 12.1 Å². The Hall–Kier alpha value is -2.03. The molecule has 100 valence electrons. The standard InChI is InChI=1S/C16H18FNO/c1-12(2)19-16-10-6-3-7-13(16)11-18-15-9-5-4-8-14(15)17/h3-10,12,18H,11H2,1-2H3. The Kier molecular flexibility index (Phi) is 4.39. The van der Waals surface area contributed by atoms with Crippen molar-refractivity contribution in [1.82, 2.24) is 0 Å². The summed E-state index contributed by atoms with van der Waals surface area (Å²) in [6.45, 7) is 4.51. The van der Waals surface area contributed by atoms with Crippen LogP contribution in [-0.2, 0) is 6.54 Å². The third kappa shape index (κ3) is 3.71. The molecule has 0 aromatic heterocycles. The zero-order valence-electron chi connectivity index (χ0n) is 11.2. The van der Waals surface area contributed by atoms with Crippen molar-refractivity contribution in [3.63, 3.8) is 0 Å². The van der Waals surface area contributed by atoms with Crippen molar-refractivity contribution < 1.29 is 9.13 Å². The Labute approximate surface area is 113 Å². The highest BCUT2D eigenvalue weighted by Crippen LogP contribution is 2.21. The maximum Gasteiger partial charge on any atom is 0.146 e. The van der Waals surface area contributed by atoms with E-state index in [0.717, 1.165) is 11.3 Å². The lowest BCUT2D eigenvalue weighted by Gasteiger charge is -2.15. The fourth-order valence-electron chi connectivity index (χ4n) is 1.81. The summed E-state index contributed by atoms with van der Waals surface area (Å²) in [7, 11) is 0. The third-order valence-corrected chi connectivity index (χ3v) is 2.68. The van der Waals surface area contributed by atoms with Crippen LogP contribution in [0.15, 0.2) is 48.5 Å². The second-order valence-corrected chi connectivity index (χ2v) is 4.61. The smallest absolute Gasteiger partial charge is 0.146 e. The molecule has 0 spiro atoms. The van der Waals surface area contributed by atoms with E-state index in [9.17, 15) is 4.39 Å². The van der Waals surface area contributed by atoms with Crippen molar-refractivity contribution in [2.24, 2.45) is 0 Å². The fraction of sp³-hybridized carbons (Fsp3) is 0.250. The zero-order chi connectivity index (χ0) is 13.7. The molecular formula is C16H18FNO. The van der Waals surface area contributed by atoms with Crippen molar-refractivity contribution in [1.29, 1.82) is 0 Å². The molecule has 0 atom stereocenters. The first-order chi connectivity index (χ1) is 9.16. The van der Waals surface area contributed by atoms with E-state index in [1.165, 1.54) is 6.07 Å². The van der Waals surface area contributed by atoms with Gasteiger partial charge in [0.15, 0.2) is 0 Å². The van der Waals surface area contributed by atoms with Crippen LogP contribution in [0, 0.1) is 5.82 Å². The number of hydrogen-bond acceptors (Lipinski definition) is 2. The highest BCUT2D eigenvalue weighted by atomic mass is 19.1. The van der Waals surface area contributed by atoms with Gasteiger partial charge in [0.1, 0.15) is 11.6 Å². The van der Waals surface area contributed by atoms with E-state index in [-0.39, 0.29) is 11.9 Å². The van der Waals surface area contributed by atoms with Gasteiger partial charge < -0.3 is 10.1 Å². The molecule has 0 bridgehead atoms. The van der Waals surface area contributed by atoms with Gasteiger partial charge >= 0.3 is 0 Å². The van der Waals surface area contributed by atoms with Crippen LogP contribution in [0.25, 0.3) is 0 Å². The van der Waals surface area contributed by atoms with E-state index in [0.29, 0.717) is 12.2 Å². The van der Waals surface area contributed by atoms with Gasteiger partial charge in [-0.1, -0.05) is 30.3 Å². The molecule has 0 amide bonds. The molecule has 2 aromatic rings. The van der Waals surface area contributed by atoms with Gasteiger partial charge in [-0.2, -0.15) is 0 Å². The molecule has 0 aliphatic rings. The number of para-hydroxylation sites is 2. The molecule has 0 aliphatic carbocycles. The largest absolute Gasteiger partial charge is 0.491 e. The fourth-order valence-corrected chi connectivity index (χ4v) is 1.81. The monoisotopic (exact) mass is 259 g/mol. The first-order valence-corrected chi connectivity index (χ1v) is 6.40. The highest BCUT2D eigenvalue weighted by Gasteiger charge is 2.06. The maximum atomic E-state index is 13.5. The van der Waals surface area contributed by atoms with Crippen molar-refractivity contribution >= 4 is 5.69 Å². The molecule has 0 aliphatic heterocycles. The van der Waals surface area contributed by atoms with Crippen LogP contribution in [0.1, 0.15) is 19.4 Å². The lowest BCUT2D eigenvalue weighted by Crippen LogP contribution is -2.09. The minimum Gasteiger partial charge on any atom is -0.491 e. The average molecular weight is 259 g/mol. The lowest BCUT2D eigenvalue weighted by atomic mass is 10.2. The zero-order valence-corrected chi connectivity index (χ0v) is 11.2. The van der Waals surface area contributed by atoms with E-state index < -0.39 is 0 Å². The molecule has 0 fully saturated rings. The Bertz CT molecular complexity index is 540. The first-order valence-electron chi connectivity index (χ1n) is 6.40. The van der Waals surface area contributed by atoms with Crippen LogP contribution < -0.4 is 10.1 Å². The van der Waals surface area contributed by atoms with Crippen LogP contribution in [0.4, 0.5) is 10.1 Å². The second kappa shape index (κ2) is 6.23. The number of anilines is 1. The summed E-state index contributed by atoms with van der Waals surface area (Å²) < 4.78 is 19.2. The number of hydrogen-bond donors (Lipinski definition) is 1. The normalized spacial score (nSPS) is 10.5.